The van der Waals surface area contributed by atoms with Gasteiger partial charge in [-0.05, 0) is 81.3 Å². The summed E-state index contributed by atoms with van der Waals surface area (Å²) in [6, 6.07) is 0. The van der Waals surface area contributed by atoms with Gasteiger partial charge in [-0.2, -0.15) is 0 Å². The van der Waals surface area contributed by atoms with Gasteiger partial charge in [0.05, 0.1) is 0 Å². The zero-order chi connectivity index (χ0) is 17.0. The first kappa shape index (κ1) is 16.3. The van der Waals surface area contributed by atoms with Crippen molar-refractivity contribution in [2.45, 2.75) is 53.4 Å². The van der Waals surface area contributed by atoms with E-state index < -0.39 is 17.2 Å². The number of nitrogens with two attached hydrogens (primary N) is 2. The van der Waals surface area contributed by atoms with Gasteiger partial charge in [0.15, 0.2) is 0 Å². The lowest BCUT2D eigenvalue weighted by Crippen LogP contribution is -2.48. The molecule has 0 aliphatic heterocycles. The maximum atomic E-state index is 12.3. The number of primary amides is 2. The molecule has 22 heavy (non-hydrogen) atoms. The van der Waals surface area contributed by atoms with Crippen molar-refractivity contribution in [3.63, 3.8) is 0 Å². The van der Waals surface area contributed by atoms with Crippen LogP contribution in [-0.4, -0.2) is 11.8 Å². The van der Waals surface area contributed by atoms with Gasteiger partial charge in [0.25, 0.3) is 0 Å². The molecule has 1 aromatic rings. The second-order valence-electron chi connectivity index (χ2n) is 6.54. The topological polar surface area (TPSA) is 86.2 Å². The molecule has 4 heteroatoms. The van der Waals surface area contributed by atoms with Gasteiger partial charge in [-0.25, -0.2) is 0 Å². The van der Waals surface area contributed by atoms with Crippen LogP contribution in [0.25, 0.3) is 0 Å². The number of hydrogen-bond acceptors (Lipinski definition) is 2. The van der Waals surface area contributed by atoms with Crippen molar-refractivity contribution < 1.29 is 9.59 Å². The van der Waals surface area contributed by atoms with E-state index in [0.29, 0.717) is 12.0 Å². The first-order valence-corrected chi connectivity index (χ1v) is 7.44. The van der Waals surface area contributed by atoms with Crippen LogP contribution in [0.2, 0.25) is 0 Å². The molecule has 0 saturated carbocycles. The summed E-state index contributed by atoms with van der Waals surface area (Å²) in [5.41, 5.74) is 17.8. The lowest BCUT2D eigenvalue weighted by molar-refractivity contribution is -0.124. The minimum atomic E-state index is -1.17. The Morgan fingerprint density at radius 3 is 1.86 bits per heavy atom. The number of carbonyl (C=O) groups is 2. The summed E-state index contributed by atoms with van der Waals surface area (Å²) >= 11 is 0. The Balaban J connectivity index is 3.01. The van der Waals surface area contributed by atoms with E-state index in [1.165, 1.54) is 5.56 Å². The Labute approximate surface area is 131 Å². The Morgan fingerprint density at radius 2 is 1.41 bits per heavy atom. The Hall–Kier alpha value is -2.10. The van der Waals surface area contributed by atoms with E-state index in [2.05, 4.69) is 13.8 Å². The molecule has 4 nitrogen and oxygen atoms in total. The second-order valence-corrected chi connectivity index (χ2v) is 6.54. The van der Waals surface area contributed by atoms with Crippen molar-refractivity contribution in [2.75, 3.05) is 0 Å². The zero-order valence-corrected chi connectivity index (χ0v) is 14.2. The first-order chi connectivity index (χ1) is 10.0. The molecule has 0 bridgehead atoms. The molecule has 1 aliphatic rings. The highest BCUT2D eigenvalue weighted by atomic mass is 16.2. The van der Waals surface area contributed by atoms with E-state index >= 15 is 0 Å². The Kier molecular flexibility index (Phi) is 3.68. The number of amides is 2. The summed E-state index contributed by atoms with van der Waals surface area (Å²) in [5.74, 6) is -1.10. The van der Waals surface area contributed by atoms with Crippen LogP contribution in [0.5, 0.6) is 0 Å². The summed E-state index contributed by atoms with van der Waals surface area (Å²) in [6.07, 6.45) is 0.629. The normalized spacial score (nSPS) is 20.8. The molecule has 0 radical (unpaired) electrons. The Bertz CT molecular complexity index is 744. The average Bonchev–Trinajstić information content (AvgIpc) is 2.41. The molecule has 4 N–H and O–H groups in total. The van der Waals surface area contributed by atoms with Crippen molar-refractivity contribution >= 4 is 11.8 Å². The van der Waals surface area contributed by atoms with E-state index in [1.807, 2.05) is 20.8 Å². The Morgan fingerprint density at radius 1 is 0.909 bits per heavy atom. The fourth-order valence-electron chi connectivity index (χ4n) is 3.90. The van der Waals surface area contributed by atoms with Crippen molar-refractivity contribution in [1.29, 1.82) is 0 Å². The minimum absolute atomic E-state index is 0.346. The SMILES string of the molecule is CC1=C(C(N)=O)C(C)(C(N)=O)c2c(C)c(C)c(C)c(C)c2C1. The highest BCUT2D eigenvalue weighted by molar-refractivity contribution is 6.06. The number of fused-ring (bicyclic) bond motifs is 1. The van der Waals surface area contributed by atoms with Gasteiger partial charge in [-0.3, -0.25) is 9.59 Å². The van der Waals surface area contributed by atoms with E-state index in [9.17, 15) is 9.59 Å². The summed E-state index contributed by atoms with van der Waals surface area (Å²) in [4.78, 5) is 24.3. The van der Waals surface area contributed by atoms with Gasteiger partial charge in [0.2, 0.25) is 11.8 Å². The fraction of sp³-hybridized carbons (Fsp3) is 0.444. The summed E-state index contributed by atoms with van der Waals surface area (Å²) in [6.45, 7) is 11.7. The van der Waals surface area contributed by atoms with Gasteiger partial charge in [-0.15, -0.1) is 0 Å². The lowest BCUT2D eigenvalue weighted by atomic mass is 9.63. The molecule has 118 valence electrons. The van der Waals surface area contributed by atoms with Crippen LogP contribution >= 0.6 is 0 Å². The van der Waals surface area contributed by atoms with E-state index in [-0.39, 0.29) is 0 Å². The molecule has 1 atom stereocenters. The molecule has 0 spiro atoms. The molecule has 1 aromatic carbocycles. The molecule has 0 heterocycles. The third-order valence-electron chi connectivity index (χ3n) is 5.42. The van der Waals surface area contributed by atoms with Gasteiger partial charge < -0.3 is 11.5 Å². The monoisotopic (exact) mass is 300 g/mol. The van der Waals surface area contributed by atoms with Crippen LogP contribution < -0.4 is 11.5 Å². The number of carbonyl (C=O) groups excluding carboxylic acids is 2. The summed E-state index contributed by atoms with van der Waals surface area (Å²) in [7, 11) is 0. The smallest absolute Gasteiger partial charge is 0.246 e. The van der Waals surface area contributed by atoms with E-state index in [0.717, 1.165) is 33.4 Å². The third kappa shape index (κ3) is 1.90. The predicted octanol–water partition coefficient (Wildman–Crippen LogP) is 2.02. The number of benzene rings is 1. The number of allylic oxidation sites excluding steroid dienone is 1. The maximum Gasteiger partial charge on any atom is 0.246 e. The fourth-order valence-corrected chi connectivity index (χ4v) is 3.90. The third-order valence-corrected chi connectivity index (χ3v) is 5.42. The lowest BCUT2D eigenvalue weighted by Gasteiger charge is -2.38. The molecule has 2 amide bonds. The highest BCUT2D eigenvalue weighted by Crippen LogP contribution is 2.45. The van der Waals surface area contributed by atoms with E-state index in [1.54, 1.807) is 6.92 Å². The van der Waals surface area contributed by atoms with Crippen molar-refractivity contribution in [3.05, 3.63) is 44.5 Å². The largest absolute Gasteiger partial charge is 0.369 e. The molecular weight excluding hydrogens is 276 g/mol. The summed E-state index contributed by atoms with van der Waals surface area (Å²) < 4.78 is 0. The highest BCUT2D eigenvalue weighted by Gasteiger charge is 2.46. The van der Waals surface area contributed by atoms with Gasteiger partial charge in [0, 0.05) is 5.57 Å². The van der Waals surface area contributed by atoms with Crippen LogP contribution in [-0.2, 0) is 21.4 Å². The zero-order valence-electron chi connectivity index (χ0n) is 14.2. The van der Waals surface area contributed by atoms with E-state index in [4.69, 9.17) is 11.5 Å². The molecule has 2 rings (SSSR count). The summed E-state index contributed by atoms with van der Waals surface area (Å²) in [5, 5.41) is 0. The van der Waals surface area contributed by atoms with Gasteiger partial charge in [-0.1, -0.05) is 5.57 Å². The van der Waals surface area contributed by atoms with Gasteiger partial charge >= 0.3 is 0 Å². The quantitative estimate of drug-likeness (QED) is 0.875. The van der Waals surface area contributed by atoms with Crippen LogP contribution in [0.1, 0.15) is 47.2 Å². The van der Waals surface area contributed by atoms with Crippen LogP contribution in [0.3, 0.4) is 0 Å². The average molecular weight is 300 g/mol. The van der Waals surface area contributed by atoms with Crippen LogP contribution in [0.4, 0.5) is 0 Å². The van der Waals surface area contributed by atoms with Crippen LogP contribution in [0.15, 0.2) is 11.1 Å². The van der Waals surface area contributed by atoms with Crippen LogP contribution in [0, 0.1) is 27.7 Å². The van der Waals surface area contributed by atoms with Gasteiger partial charge in [0.1, 0.15) is 5.41 Å². The standard InChI is InChI=1S/C18H24N2O2/c1-8-7-13-11(4)9(2)10(3)12(5)15(13)18(6,17(20)22)14(8)16(19)21/h7H2,1-6H3,(H2,19,21)(H2,20,22). The molecular formula is C18H24N2O2. The molecule has 0 aromatic heterocycles. The first-order valence-electron chi connectivity index (χ1n) is 7.44. The van der Waals surface area contributed by atoms with Crippen molar-refractivity contribution in [1.82, 2.24) is 0 Å². The molecule has 0 saturated heterocycles. The maximum absolute atomic E-state index is 12.3. The molecule has 1 aliphatic carbocycles. The minimum Gasteiger partial charge on any atom is -0.369 e. The van der Waals surface area contributed by atoms with Crippen molar-refractivity contribution in [3.8, 4) is 0 Å². The predicted molar refractivity (Wildman–Crippen MR) is 87.5 cm³/mol. The van der Waals surface area contributed by atoms with Crippen molar-refractivity contribution in [2.24, 2.45) is 11.5 Å². The second kappa shape index (κ2) is 4.97. The molecule has 1 unspecified atom stereocenters. The number of hydrogen-bond donors (Lipinski definition) is 2. The molecule has 0 fully saturated rings. The number of rotatable bonds is 2.